The van der Waals surface area contributed by atoms with Crippen molar-refractivity contribution in [2.45, 2.75) is 13.3 Å². The highest BCUT2D eigenvalue weighted by Gasteiger charge is 2.08. The number of rotatable bonds is 4. The highest BCUT2D eigenvalue weighted by molar-refractivity contribution is 7.80. The third-order valence-corrected chi connectivity index (χ3v) is 3.28. The Morgan fingerprint density at radius 1 is 1.13 bits per heavy atom. The molecule has 23 heavy (non-hydrogen) atoms. The lowest BCUT2D eigenvalue weighted by atomic mass is 10.1. The molecule has 2 aromatic carbocycles. The fourth-order valence-corrected chi connectivity index (χ4v) is 2.22. The minimum Gasteiger partial charge on any atom is -0.481 e. The third kappa shape index (κ3) is 5.19. The Morgan fingerprint density at radius 3 is 2.43 bits per heavy atom. The third-order valence-electron chi connectivity index (χ3n) is 3.07. The van der Waals surface area contributed by atoms with Crippen molar-refractivity contribution in [3.8, 4) is 0 Å². The highest BCUT2D eigenvalue weighted by atomic mass is 32.1. The number of carbonyl (C=O) groups excluding carboxylic acids is 1. The van der Waals surface area contributed by atoms with Crippen molar-refractivity contribution in [1.82, 2.24) is 5.32 Å². The lowest BCUT2D eigenvalue weighted by Gasteiger charge is -2.10. The van der Waals surface area contributed by atoms with Gasteiger partial charge in [0.15, 0.2) is 5.11 Å². The summed E-state index contributed by atoms with van der Waals surface area (Å²) in [6.45, 7) is 1.91. The minimum absolute atomic E-state index is 0.0329. The first kappa shape index (κ1) is 16.6. The predicted octanol–water partition coefficient (Wildman–Crippen LogP) is 2.75. The number of amides is 1. The van der Waals surface area contributed by atoms with E-state index >= 15 is 0 Å². The van der Waals surface area contributed by atoms with Crippen molar-refractivity contribution in [2.24, 2.45) is 0 Å². The minimum atomic E-state index is -0.883. The Hall–Kier alpha value is -2.73. The van der Waals surface area contributed by atoms with Gasteiger partial charge in [-0.15, -0.1) is 0 Å². The summed E-state index contributed by atoms with van der Waals surface area (Å²) in [4.78, 5) is 22.7. The molecule has 0 fully saturated rings. The molecule has 0 aromatic heterocycles. The Morgan fingerprint density at radius 2 is 1.83 bits per heavy atom. The van der Waals surface area contributed by atoms with E-state index in [4.69, 9.17) is 17.3 Å². The number of thiocarbonyl (C=S) groups is 1. The van der Waals surface area contributed by atoms with E-state index in [9.17, 15) is 9.59 Å². The largest absolute Gasteiger partial charge is 0.481 e. The summed E-state index contributed by atoms with van der Waals surface area (Å²) >= 11 is 5.11. The molecule has 0 heterocycles. The van der Waals surface area contributed by atoms with Crippen molar-refractivity contribution >= 4 is 34.9 Å². The second-order valence-corrected chi connectivity index (χ2v) is 5.45. The molecular formula is C17H16N2O3S. The van der Waals surface area contributed by atoms with Gasteiger partial charge in [-0.1, -0.05) is 29.8 Å². The van der Waals surface area contributed by atoms with Crippen molar-refractivity contribution in [1.29, 1.82) is 0 Å². The molecule has 1 amide bonds. The van der Waals surface area contributed by atoms with Crippen LogP contribution in [0.25, 0.3) is 0 Å². The standard InChI is InChI=1S/C17H16N2O3S/c1-11-3-2-4-13(9-11)16(22)19-17(23)18-14-7-5-12(6-8-14)10-15(20)21/h2-9H,10H2,1H3,(H,20,21)(H2,18,19,22,23). The van der Waals surface area contributed by atoms with Crippen molar-refractivity contribution in [3.05, 3.63) is 65.2 Å². The second kappa shape index (κ2) is 7.51. The number of carbonyl (C=O) groups is 2. The number of hydrogen-bond acceptors (Lipinski definition) is 3. The number of aliphatic carboxylic acids is 1. The first-order valence-corrected chi connectivity index (χ1v) is 7.34. The lowest BCUT2D eigenvalue weighted by Crippen LogP contribution is -2.34. The lowest BCUT2D eigenvalue weighted by molar-refractivity contribution is -0.136. The van der Waals surface area contributed by atoms with E-state index in [1.54, 1.807) is 36.4 Å². The maximum Gasteiger partial charge on any atom is 0.307 e. The summed E-state index contributed by atoms with van der Waals surface area (Å²) in [5.41, 5.74) is 2.89. The average molecular weight is 328 g/mol. The highest BCUT2D eigenvalue weighted by Crippen LogP contribution is 2.10. The fraction of sp³-hybridized carbons (Fsp3) is 0.118. The van der Waals surface area contributed by atoms with E-state index in [2.05, 4.69) is 10.6 Å². The Balaban J connectivity index is 1.94. The summed E-state index contributed by atoms with van der Waals surface area (Å²) in [7, 11) is 0. The van der Waals surface area contributed by atoms with Gasteiger partial charge in [-0.3, -0.25) is 14.9 Å². The predicted molar refractivity (Wildman–Crippen MR) is 92.6 cm³/mol. The topological polar surface area (TPSA) is 78.4 Å². The number of carboxylic acids is 1. The van der Waals surface area contributed by atoms with Crippen LogP contribution in [0.1, 0.15) is 21.5 Å². The fourth-order valence-electron chi connectivity index (χ4n) is 2.00. The molecule has 2 rings (SSSR count). The SMILES string of the molecule is Cc1cccc(C(=O)NC(=S)Nc2ccc(CC(=O)O)cc2)c1. The van der Waals surface area contributed by atoms with Gasteiger partial charge < -0.3 is 10.4 Å². The molecule has 3 N–H and O–H groups in total. The molecular weight excluding hydrogens is 312 g/mol. The number of hydrogen-bond donors (Lipinski definition) is 3. The monoisotopic (exact) mass is 328 g/mol. The first-order valence-electron chi connectivity index (χ1n) is 6.94. The smallest absolute Gasteiger partial charge is 0.307 e. The molecule has 0 aliphatic carbocycles. The van der Waals surface area contributed by atoms with Crippen LogP contribution in [-0.4, -0.2) is 22.1 Å². The van der Waals surface area contributed by atoms with Gasteiger partial charge in [0.25, 0.3) is 5.91 Å². The Labute approximate surface area is 139 Å². The number of benzene rings is 2. The van der Waals surface area contributed by atoms with Gasteiger partial charge in [0.1, 0.15) is 0 Å². The van der Waals surface area contributed by atoms with Crippen LogP contribution >= 0.6 is 12.2 Å². The number of carboxylic acid groups (broad SMARTS) is 1. The molecule has 0 saturated heterocycles. The molecule has 0 atom stereocenters. The van der Waals surface area contributed by atoms with Gasteiger partial charge in [-0.05, 0) is 49.0 Å². The van der Waals surface area contributed by atoms with Crippen LogP contribution in [0.2, 0.25) is 0 Å². The van der Waals surface area contributed by atoms with E-state index in [1.807, 2.05) is 19.1 Å². The maximum absolute atomic E-state index is 12.1. The molecule has 2 aromatic rings. The summed E-state index contributed by atoms with van der Waals surface area (Å²) in [5.74, 6) is -1.17. The van der Waals surface area contributed by atoms with Crippen LogP contribution < -0.4 is 10.6 Å². The Kier molecular flexibility index (Phi) is 5.43. The van der Waals surface area contributed by atoms with Crippen LogP contribution in [0, 0.1) is 6.92 Å². The first-order chi connectivity index (χ1) is 10.9. The molecule has 0 spiro atoms. The molecule has 0 aliphatic rings. The second-order valence-electron chi connectivity index (χ2n) is 5.05. The maximum atomic E-state index is 12.1. The van der Waals surface area contributed by atoms with Crippen LogP contribution in [-0.2, 0) is 11.2 Å². The summed E-state index contributed by atoms with van der Waals surface area (Å²) in [6, 6.07) is 14.0. The van der Waals surface area contributed by atoms with E-state index < -0.39 is 5.97 Å². The summed E-state index contributed by atoms with van der Waals surface area (Å²) in [5, 5.41) is 14.4. The molecule has 0 radical (unpaired) electrons. The molecule has 0 bridgehead atoms. The van der Waals surface area contributed by atoms with Gasteiger partial charge >= 0.3 is 5.97 Å². The van der Waals surface area contributed by atoms with Gasteiger partial charge in [0.05, 0.1) is 6.42 Å². The van der Waals surface area contributed by atoms with Gasteiger partial charge in [-0.25, -0.2) is 0 Å². The summed E-state index contributed by atoms with van der Waals surface area (Å²) in [6.07, 6.45) is -0.0329. The zero-order valence-electron chi connectivity index (χ0n) is 12.5. The van der Waals surface area contributed by atoms with Gasteiger partial charge in [0, 0.05) is 11.3 Å². The van der Waals surface area contributed by atoms with Crippen LogP contribution in [0.4, 0.5) is 5.69 Å². The van der Waals surface area contributed by atoms with Crippen molar-refractivity contribution < 1.29 is 14.7 Å². The molecule has 0 saturated carbocycles. The van der Waals surface area contributed by atoms with E-state index in [0.717, 1.165) is 5.56 Å². The van der Waals surface area contributed by atoms with Crippen LogP contribution in [0.3, 0.4) is 0 Å². The zero-order chi connectivity index (χ0) is 16.8. The normalized spacial score (nSPS) is 9.96. The van der Waals surface area contributed by atoms with E-state index in [0.29, 0.717) is 16.8 Å². The molecule has 6 heteroatoms. The molecule has 118 valence electrons. The summed E-state index contributed by atoms with van der Waals surface area (Å²) < 4.78 is 0. The zero-order valence-corrected chi connectivity index (χ0v) is 13.3. The quantitative estimate of drug-likeness (QED) is 0.752. The van der Waals surface area contributed by atoms with Crippen LogP contribution in [0.5, 0.6) is 0 Å². The number of aryl methyl sites for hydroxylation is 1. The Bertz CT molecular complexity index is 742. The average Bonchev–Trinajstić information content (AvgIpc) is 2.48. The number of anilines is 1. The molecule has 0 unspecified atom stereocenters. The van der Waals surface area contributed by atoms with Crippen LogP contribution in [0.15, 0.2) is 48.5 Å². The van der Waals surface area contributed by atoms with E-state index in [-0.39, 0.29) is 17.4 Å². The van der Waals surface area contributed by atoms with Gasteiger partial charge in [-0.2, -0.15) is 0 Å². The molecule has 0 aliphatic heterocycles. The molecule has 5 nitrogen and oxygen atoms in total. The van der Waals surface area contributed by atoms with Crippen molar-refractivity contribution in [3.63, 3.8) is 0 Å². The van der Waals surface area contributed by atoms with E-state index in [1.165, 1.54) is 0 Å². The number of nitrogens with one attached hydrogen (secondary N) is 2. The van der Waals surface area contributed by atoms with Crippen molar-refractivity contribution in [2.75, 3.05) is 5.32 Å². The van der Waals surface area contributed by atoms with Gasteiger partial charge in [0.2, 0.25) is 0 Å².